The zero-order valence-electron chi connectivity index (χ0n) is 17.7. The first-order chi connectivity index (χ1) is 14.9. The number of anilines is 1. The van der Waals surface area contributed by atoms with Crippen LogP contribution in [0.25, 0.3) is 0 Å². The summed E-state index contributed by atoms with van der Waals surface area (Å²) in [5.74, 6) is 0.221. The molecule has 168 valence electrons. The van der Waals surface area contributed by atoms with Gasteiger partial charge in [-0.1, -0.05) is 18.2 Å². The third-order valence-electron chi connectivity index (χ3n) is 4.97. The van der Waals surface area contributed by atoms with Crippen LogP contribution in [0.3, 0.4) is 0 Å². The second-order valence-corrected chi connectivity index (χ2v) is 9.02. The van der Waals surface area contributed by atoms with Gasteiger partial charge < -0.3 is 14.8 Å². The van der Waals surface area contributed by atoms with Crippen LogP contribution < -0.4 is 14.8 Å². The summed E-state index contributed by atoms with van der Waals surface area (Å²) in [6, 6.07) is 13.2. The lowest BCUT2D eigenvalue weighted by atomic mass is 10.2. The van der Waals surface area contributed by atoms with Gasteiger partial charge in [-0.05, 0) is 55.8 Å². The number of carbonyl (C=O) groups is 1. The summed E-state index contributed by atoms with van der Waals surface area (Å²) >= 11 is 0. The molecule has 0 bridgehead atoms. The number of carbonyl (C=O) groups excluding carboxylic acids is 1. The molecule has 0 unspecified atom stereocenters. The van der Waals surface area contributed by atoms with E-state index in [1.807, 2.05) is 19.1 Å². The summed E-state index contributed by atoms with van der Waals surface area (Å²) in [6.07, 6.45) is 0.867. The predicted octanol–water partition coefficient (Wildman–Crippen LogP) is 2.01. The van der Waals surface area contributed by atoms with E-state index in [0.29, 0.717) is 18.0 Å². The maximum Gasteiger partial charge on any atom is 0.261 e. The van der Waals surface area contributed by atoms with Crippen molar-refractivity contribution in [2.45, 2.75) is 18.2 Å². The van der Waals surface area contributed by atoms with E-state index in [1.165, 1.54) is 24.3 Å². The SMILES string of the molecule is Cc1ccccc1NS(=O)(=O)c1ccc(OCC(=O)NCCCN2CCOCC2)cc1. The highest BCUT2D eigenvalue weighted by Gasteiger charge is 2.15. The number of benzene rings is 2. The lowest BCUT2D eigenvalue weighted by Crippen LogP contribution is -2.38. The lowest BCUT2D eigenvalue weighted by Gasteiger charge is -2.26. The molecular formula is C22H29N3O5S. The van der Waals surface area contributed by atoms with E-state index in [-0.39, 0.29) is 17.4 Å². The van der Waals surface area contributed by atoms with Gasteiger partial charge in [0.05, 0.1) is 23.8 Å². The molecule has 1 heterocycles. The molecule has 1 fully saturated rings. The summed E-state index contributed by atoms with van der Waals surface area (Å²) in [7, 11) is -3.70. The van der Waals surface area contributed by atoms with Gasteiger partial charge in [0, 0.05) is 19.6 Å². The molecule has 2 aromatic carbocycles. The van der Waals surface area contributed by atoms with Crippen molar-refractivity contribution in [1.82, 2.24) is 10.2 Å². The van der Waals surface area contributed by atoms with E-state index in [9.17, 15) is 13.2 Å². The number of nitrogens with one attached hydrogen (secondary N) is 2. The molecule has 3 rings (SSSR count). The molecule has 2 N–H and O–H groups in total. The monoisotopic (exact) mass is 447 g/mol. The highest BCUT2D eigenvalue weighted by atomic mass is 32.2. The van der Waals surface area contributed by atoms with Gasteiger partial charge in [-0.2, -0.15) is 0 Å². The van der Waals surface area contributed by atoms with Crippen molar-refractivity contribution in [3.8, 4) is 5.75 Å². The van der Waals surface area contributed by atoms with Gasteiger partial charge >= 0.3 is 0 Å². The number of hydrogen-bond donors (Lipinski definition) is 2. The first kappa shape index (κ1) is 23.1. The van der Waals surface area contributed by atoms with Crippen LogP contribution in [0.4, 0.5) is 5.69 Å². The van der Waals surface area contributed by atoms with Crippen molar-refractivity contribution in [2.75, 3.05) is 50.7 Å². The highest BCUT2D eigenvalue weighted by molar-refractivity contribution is 7.92. The molecule has 0 atom stereocenters. The van der Waals surface area contributed by atoms with Crippen LogP contribution in [0.5, 0.6) is 5.75 Å². The Morgan fingerprint density at radius 3 is 2.52 bits per heavy atom. The van der Waals surface area contributed by atoms with Crippen molar-refractivity contribution >= 4 is 21.6 Å². The number of nitrogens with zero attached hydrogens (tertiary/aromatic N) is 1. The number of rotatable bonds is 10. The van der Waals surface area contributed by atoms with Gasteiger partial charge in [-0.25, -0.2) is 8.42 Å². The molecule has 0 aliphatic carbocycles. The number of sulfonamides is 1. The van der Waals surface area contributed by atoms with Crippen LogP contribution in [-0.4, -0.2) is 65.2 Å². The van der Waals surface area contributed by atoms with Crippen molar-refractivity contribution in [3.63, 3.8) is 0 Å². The Morgan fingerprint density at radius 1 is 1.10 bits per heavy atom. The summed E-state index contributed by atoms with van der Waals surface area (Å²) in [5, 5.41) is 2.83. The Hall–Kier alpha value is -2.62. The summed E-state index contributed by atoms with van der Waals surface area (Å²) < 4.78 is 38.5. The van der Waals surface area contributed by atoms with Crippen molar-refractivity contribution < 1.29 is 22.7 Å². The fraction of sp³-hybridized carbons (Fsp3) is 0.409. The van der Waals surface area contributed by atoms with E-state index in [2.05, 4.69) is 14.9 Å². The lowest BCUT2D eigenvalue weighted by molar-refractivity contribution is -0.123. The van der Waals surface area contributed by atoms with Gasteiger partial charge in [-0.15, -0.1) is 0 Å². The number of hydrogen-bond acceptors (Lipinski definition) is 6. The van der Waals surface area contributed by atoms with Crippen LogP contribution in [0.1, 0.15) is 12.0 Å². The van der Waals surface area contributed by atoms with E-state index < -0.39 is 10.0 Å². The van der Waals surface area contributed by atoms with E-state index >= 15 is 0 Å². The molecule has 0 aromatic heterocycles. The molecule has 31 heavy (non-hydrogen) atoms. The van der Waals surface area contributed by atoms with Crippen LogP contribution >= 0.6 is 0 Å². The quantitative estimate of drug-likeness (QED) is 0.541. The first-order valence-electron chi connectivity index (χ1n) is 10.3. The van der Waals surface area contributed by atoms with Gasteiger partial charge in [-0.3, -0.25) is 14.4 Å². The molecule has 1 aliphatic rings. The zero-order valence-corrected chi connectivity index (χ0v) is 18.5. The number of amides is 1. The van der Waals surface area contributed by atoms with E-state index in [4.69, 9.17) is 9.47 Å². The minimum absolute atomic E-state index is 0.120. The molecule has 0 saturated carbocycles. The average molecular weight is 448 g/mol. The highest BCUT2D eigenvalue weighted by Crippen LogP contribution is 2.21. The third kappa shape index (κ3) is 7.23. The molecular weight excluding hydrogens is 418 g/mol. The van der Waals surface area contributed by atoms with Crippen LogP contribution in [-0.2, 0) is 19.6 Å². The van der Waals surface area contributed by atoms with Gasteiger partial charge in [0.15, 0.2) is 6.61 Å². The van der Waals surface area contributed by atoms with Gasteiger partial charge in [0.2, 0.25) is 0 Å². The third-order valence-corrected chi connectivity index (χ3v) is 6.35. The Morgan fingerprint density at radius 2 is 1.81 bits per heavy atom. The topological polar surface area (TPSA) is 97.0 Å². The Kier molecular flexibility index (Phi) is 8.27. The normalized spacial score (nSPS) is 14.7. The van der Waals surface area contributed by atoms with Gasteiger partial charge in [0.1, 0.15) is 5.75 Å². The molecule has 8 nitrogen and oxygen atoms in total. The molecule has 9 heteroatoms. The standard InChI is InChI=1S/C22H29N3O5S/c1-18-5-2-3-6-21(18)24-31(27,28)20-9-7-19(8-10-20)30-17-22(26)23-11-4-12-25-13-15-29-16-14-25/h2-3,5-10,24H,4,11-17H2,1H3,(H,23,26). The fourth-order valence-electron chi connectivity index (χ4n) is 3.16. The molecule has 0 radical (unpaired) electrons. The minimum atomic E-state index is -3.70. The zero-order chi connectivity index (χ0) is 22.1. The van der Waals surface area contributed by atoms with Crippen LogP contribution in [0.2, 0.25) is 0 Å². The maximum atomic E-state index is 12.6. The Labute approximate surface area is 183 Å². The first-order valence-corrected chi connectivity index (χ1v) is 11.8. The number of morpholine rings is 1. The van der Waals surface area contributed by atoms with Crippen LogP contribution in [0.15, 0.2) is 53.4 Å². The van der Waals surface area contributed by atoms with Crippen LogP contribution in [0, 0.1) is 6.92 Å². The fourth-order valence-corrected chi connectivity index (χ4v) is 4.29. The second-order valence-electron chi connectivity index (χ2n) is 7.34. The van der Waals surface area contributed by atoms with Crippen molar-refractivity contribution in [1.29, 1.82) is 0 Å². The van der Waals surface area contributed by atoms with Crippen molar-refractivity contribution in [2.24, 2.45) is 0 Å². The van der Waals surface area contributed by atoms with Gasteiger partial charge in [0.25, 0.3) is 15.9 Å². The molecule has 1 amide bonds. The Bertz CT molecular complexity index is 957. The molecule has 1 aliphatic heterocycles. The number of ether oxygens (including phenoxy) is 2. The predicted molar refractivity (Wildman–Crippen MR) is 119 cm³/mol. The summed E-state index contributed by atoms with van der Waals surface area (Å²) in [4.78, 5) is 14.4. The smallest absolute Gasteiger partial charge is 0.261 e. The van der Waals surface area contributed by atoms with E-state index in [0.717, 1.165) is 44.8 Å². The number of para-hydroxylation sites is 1. The van der Waals surface area contributed by atoms with E-state index in [1.54, 1.807) is 12.1 Å². The van der Waals surface area contributed by atoms with Crippen molar-refractivity contribution in [3.05, 3.63) is 54.1 Å². The largest absolute Gasteiger partial charge is 0.484 e. The number of aryl methyl sites for hydroxylation is 1. The molecule has 0 spiro atoms. The minimum Gasteiger partial charge on any atom is -0.484 e. The average Bonchev–Trinajstić information content (AvgIpc) is 2.78. The summed E-state index contributed by atoms with van der Waals surface area (Å²) in [6.45, 7) is 6.63. The summed E-state index contributed by atoms with van der Waals surface area (Å²) in [5.41, 5.74) is 1.37. The molecule has 1 saturated heterocycles. The second kappa shape index (κ2) is 11.1. The molecule has 2 aromatic rings. The maximum absolute atomic E-state index is 12.6. The Balaban J connectivity index is 1.41.